The van der Waals surface area contributed by atoms with Crippen LogP contribution in [0.2, 0.25) is 0 Å². The van der Waals surface area contributed by atoms with Crippen LogP contribution in [-0.4, -0.2) is 11.4 Å². The Balaban J connectivity index is 2.13. The van der Waals surface area contributed by atoms with Crippen LogP contribution >= 0.6 is 7.14 Å². The third-order valence-corrected chi connectivity index (χ3v) is 7.61. The molecular formula is C17H17O2P. The van der Waals surface area contributed by atoms with Gasteiger partial charge in [-0.3, -0.25) is 4.79 Å². The fourth-order valence-corrected chi connectivity index (χ4v) is 6.30. The van der Waals surface area contributed by atoms with E-state index in [-0.39, 0.29) is 11.4 Å². The zero-order valence-electron chi connectivity index (χ0n) is 11.2. The van der Waals surface area contributed by atoms with E-state index in [2.05, 4.69) is 0 Å². The van der Waals surface area contributed by atoms with E-state index in [1.54, 1.807) is 0 Å². The van der Waals surface area contributed by atoms with Crippen LogP contribution in [0, 0.1) is 0 Å². The van der Waals surface area contributed by atoms with Gasteiger partial charge in [-0.1, -0.05) is 60.7 Å². The molecule has 0 radical (unpaired) electrons. The largest absolute Gasteiger partial charge is 0.313 e. The van der Waals surface area contributed by atoms with Crippen molar-refractivity contribution < 1.29 is 9.36 Å². The maximum Gasteiger partial charge on any atom is 0.146 e. The highest BCUT2D eigenvalue weighted by atomic mass is 31.2. The van der Waals surface area contributed by atoms with Crippen molar-refractivity contribution in [1.82, 2.24) is 0 Å². The molecule has 2 aromatic rings. The van der Waals surface area contributed by atoms with Gasteiger partial charge >= 0.3 is 0 Å². The molecule has 20 heavy (non-hydrogen) atoms. The van der Waals surface area contributed by atoms with Gasteiger partial charge in [0.05, 0.1) is 0 Å². The Hall–Kier alpha value is -1.66. The summed E-state index contributed by atoms with van der Waals surface area (Å²) in [5, 5.41) is 1.73. The predicted molar refractivity (Wildman–Crippen MR) is 82.4 cm³/mol. The summed E-state index contributed by atoms with van der Waals surface area (Å²) < 4.78 is 13.8. The smallest absolute Gasteiger partial charge is 0.146 e. The van der Waals surface area contributed by atoms with E-state index in [1.807, 2.05) is 60.7 Å². The van der Waals surface area contributed by atoms with Gasteiger partial charge in [0.25, 0.3) is 0 Å². The molecule has 1 aliphatic carbocycles. The zero-order chi connectivity index (χ0) is 14.0. The van der Waals surface area contributed by atoms with Gasteiger partial charge in [0, 0.05) is 29.1 Å². The summed E-state index contributed by atoms with van der Waals surface area (Å²) in [6.07, 6.45) is 1.75. The standard InChI is InChI=1S/C17H17O2P/c18-14-11-12-17(13-14)20(19,15-7-3-1-4-8-15)16-9-5-2-6-10-16/h1-10,17H,11-13H2. The number of Topliss-reactive ketones (excluding diaryl/α,β-unsaturated/α-hetero) is 1. The van der Waals surface area contributed by atoms with E-state index in [0.717, 1.165) is 17.0 Å². The van der Waals surface area contributed by atoms with Gasteiger partial charge in [-0.15, -0.1) is 0 Å². The Kier molecular flexibility index (Phi) is 3.58. The number of benzene rings is 2. The van der Waals surface area contributed by atoms with Crippen LogP contribution < -0.4 is 10.6 Å². The lowest BCUT2D eigenvalue weighted by Crippen LogP contribution is -2.24. The van der Waals surface area contributed by atoms with Gasteiger partial charge in [-0.05, 0) is 6.42 Å². The summed E-state index contributed by atoms with van der Waals surface area (Å²) in [6, 6.07) is 19.2. The third-order valence-electron chi connectivity index (χ3n) is 4.01. The second-order valence-electron chi connectivity index (χ2n) is 5.26. The first-order valence-electron chi connectivity index (χ1n) is 6.94. The quantitative estimate of drug-likeness (QED) is 0.812. The molecule has 0 N–H and O–H groups in total. The monoisotopic (exact) mass is 284 g/mol. The van der Waals surface area contributed by atoms with Crippen molar-refractivity contribution in [2.45, 2.75) is 24.9 Å². The second kappa shape index (κ2) is 5.38. The highest BCUT2D eigenvalue weighted by Gasteiger charge is 2.40. The van der Waals surface area contributed by atoms with Crippen molar-refractivity contribution >= 4 is 23.5 Å². The highest BCUT2D eigenvalue weighted by Crippen LogP contribution is 2.53. The lowest BCUT2D eigenvalue weighted by molar-refractivity contribution is -0.117. The van der Waals surface area contributed by atoms with Crippen molar-refractivity contribution in [1.29, 1.82) is 0 Å². The van der Waals surface area contributed by atoms with Crippen LogP contribution in [-0.2, 0) is 9.36 Å². The molecule has 0 saturated heterocycles. The van der Waals surface area contributed by atoms with E-state index in [9.17, 15) is 9.36 Å². The van der Waals surface area contributed by atoms with Crippen molar-refractivity contribution in [2.75, 3.05) is 0 Å². The van der Waals surface area contributed by atoms with Gasteiger partial charge in [-0.2, -0.15) is 0 Å². The lowest BCUT2D eigenvalue weighted by Gasteiger charge is -2.25. The molecule has 2 aromatic carbocycles. The van der Waals surface area contributed by atoms with Crippen LogP contribution in [0.3, 0.4) is 0 Å². The van der Waals surface area contributed by atoms with E-state index in [0.29, 0.717) is 12.8 Å². The SMILES string of the molecule is O=C1CCC(P(=O)(c2ccccc2)c2ccccc2)C1. The number of hydrogen-bond donors (Lipinski definition) is 0. The average molecular weight is 284 g/mol. The molecular weight excluding hydrogens is 267 g/mol. The Morgan fingerprint density at radius 2 is 1.35 bits per heavy atom. The third kappa shape index (κ3) is 2.25. The highest BCUT2D eigenvalue weighted by molar-refractivity contribution is 7.79. The molecule has 1 fully saturated rings. The molecule has 0 spiro atoms. The molecule has 0 aliphatic heterocycles. The minimum atomic E-state index is -2.73. The average Bonchev–Trinajstić information content (AvgIpc) is 2.95. The van der Waals surface area contributed by atoms with Crippen LogP contribution in [0.25, 0.3) is 0 Å². The molecule has 1 unspecified atom stereocenters. The summed E-state index contributed by atoms with van der Waals surface area (Å²) in [6.45, 7) is 0. The molecule has 0 amide bonds. The molecule has 102 valence electrons. The van der Waals surface area contributed by atoms with Gasteiger partial charge in [-0.25, -0.2) is 0 Å². The van der Waals surface area contributed by atoms with E-state index < -0.39 is 7.14 Å². The van der Waals surface area contributed by atoms with E-state index in [1.165, 1.54) is 0 Å². The molecule has 3 rings (SSSR count). The van der Waals surface area contributed by atoms with Crippen molar-refractivity contribution in [2.24, 2.45) is 0 Å². The fourth-order valence-electron chi connectivity index (χ4n) is 2.97. The topological polar surface area (TPSA) is 34.1 Å². The molecule has 1 atom stereocenters. The zero-order valence-corrected chi connectivity index (χ0v) is 12.1. The summed E-state index contributed by atoms with van der Waals surface area (Å²) in [4.78, 5) is 11.6. The molecule has 0 aromatic heterocycles. The fraction of sp³-hybridized carbons (Fsp3) is 0.235. The van der Waals surface area contributed by atoms with Gasteiger partial charge in [0.2, 0.25) is 0 Å². The lowest BCUT2D eigenvalue weighted by atomic mass is 10.3. The number of carbonyl (C=O) groups is 1. The number of carbonyl (C=O) groups excluding carboxylic acids is 1. The molecule has 3 heteroatoms. The number of ketones is 1. The number of rotatable bonds is 3. The van der Waals surface area contributed by atoms with Crippen LogP contribution in [0.1, 0.15) is 19.3 Å². The maximum absolute atomic E-state index is 13.8. The Morgan fingerprint density at radius 1 is 0.850 bits per heavy atom. The predicted octanol–water partition coefficient (Wildman–Crippen LogP) is 3.12. The van der Waals surface area contributed by atoms with Crippen LogP contribution in [0.4, 0.5) is 0 Å². The minimum Gasteiger partial charge on any atom is -0.313 e. The first kappa shape index (κ1) is 13.3. The van der Waals surface area contributed by atoms with E-state index >= 15 is 0 Å². The van der Waals surface area contributed by atoms with Gasteiger partial charge in [0.1, 0.15) is 12.9 Å². The van der Waals surface area contributed by atoms with Gasteiger partial charge in [0.15, 0.2) is 0 Å². The second-order valence-corrected chi connectivity index (χ2v) is 8.34. The van der Waals surface area contributed by atoms with Crippen molar-refractivity contribution in [3.05, 3.63) is 60.7 Å². The Morgan fingerprint density at radius 3 is 1.75 bits per heavy atom. The molecule has 0 heterocycles. The molecule has 1 aliphatic rings. The van der Waals surface area contributed by atoms with E-state index in [4.69, 9.17) is 0 Å². The number of hydrogen-bond acceptors (Lipinski definition) is 2. The first-order valence-corrected chi connectivity index (χ1v) is 8.71. The van der Waals surface area contributed by atoms with Crippen molar-refractivity contribution in [3.8, 4) is 0 Å². The maximum atomic E-state index is 13.8. The van der Waals surface area contributed by atoms with Gasteiger partial charge < -0.3 is 4.57 Å². The summed E-state index contributed by atoms with van der Waals surface area (Å²) in [5.41, 5.74) is -0.0419. The Labute approximate surface area is 119 Å². The summed E-state index contributed by atoms with van der Waals surface area (Å²) in [5.74, 6) is 0.238. The van der Waals surface area contributed by atoms with Crippen molar-refractivity contribution in [3.63, 3.8) is 0 Å². The van der Waals surface area contributed by atoms with Crippen LogP contribution in [0.5, 0.6) is 0 Å². The molecule has 2 nitrogen and oxygen atoms in total. The Bertz CT molecular complexity index is 606. The summed E-state index contributed by atoms with van der Waals surface area (Å²) in [7, 11) is -2.73. The van der Waals surface area contributed by atoms with Crippen LogP contribution in [0.15, 0.2) is 60.7 Å². The normalized spacial score (nSPS) is 19.2. The summed E-state index contributed by atoms with van der Waals surface area (Å²) >= 11 is 0. The molecule has 1 saturated carbocycles. The molecule has 0 bridgehead atoms. The minimum absolute atomic E-state index is 0.0419. The first-order chi connectivity index (χ1) is 9.71.